The topological polar surface area (TPSA) is 68.5 Å². The van der Waals surface area contributed by atoms with Crippen LogP contribution in [-0.4, -0.2) is 30.7 Å². The van der Waals surface area contributed by atoms with E-state index < -0.39 is 0 Å². The summed E-state index contributed by atoms with van der Waals surface area (Å²) in [5, 5.41) is 12.6. The van der Waals surface area contributed by atoms with E-state index in [4.69, 9.17) is 0 Å². The highest BCUT2D eigenvalue weighted by atomic mass is 35.5. The molecule has 8 heteroatoms. The van der Waals surface area contributed by atoms with Gasteiger partial charge in [-0.1, -0.05) is 0 Å². The van der Waals surface area contributed by atoms with Crippen LogP contribution in [0.5, 0.6) is 0 Å². The summed E-state index contributed by atoms with van der Waals surface area (Å²) in [5.41, 5.74) is 0. The zero-order chi connectivity index (χ0) is 11.1. The fourth-order valence-corrected chi connectivity index (χ4v) is 2.55. The number of aryl methyl sites for hydroxylation is 1. The van der Waals surface area contributed by atoms with E-state index in [-0.39, 0.29) is 18.4 Å². The van der Waals surface area contributed by atoms with Gasteiger partial charge in [0.1, 0.15) is 11.6 Å². The lowest BCUT2D eigenvalue weighted by atomic mass is 10.2. The minimum atomic E-state index is 0. The SMILES string of the molecule is Cc1nsc(-c2nnc3n2CCN[C@@H]3C)n1.Cl. The molecule has 0 saturated carbocycles. The fraction of sp³-hybridized carbons (Fsp3) is 0.556. The van der Waals surface area contributed by atoms with Gasteiger partial charge in [-0.3, -0.25) is 0 Å². The van der Waals surface area contributed by atoms with Crippen LogP contribution in [0.25, 0.3) is 10.8 Å². The molecule has 0 unspecified atom stereocenters. The maximum absolute atomic E-state index is 4.35. The molecule has 0 bridgehead atoms. The van der Waals surface area contributed by atoms with Gasteiger partial charge >= 0.3 is 0 Å². The van der Waals surface area contributed by atoms with Crippen molar-refractivity contribution in [3.05, 3.63) is 11.6 Å². The highest BCUT2D eigenvalue weighted by Gasteiger charge is 2.23. The standard InChI is InChI=1S/C9H12N6S.ClH/c1-5-7-12-13-8(15(7)4-3-10-5)9-11-6(2)14-16-9;/h5,10H,3-4H2,1-2H3;1H/t5-;/m1./s1. The Balaban J connectivity index is 0.00000108. The Labute approximate surface area is 109 Å². The lowest BCUT2D eigenvalue weighted by molar-refractivity contribution is 0.439. The molecule has 2 aromatic heterocycles. The van der Waals surface area contributed by atoms with Crippen molar-refractivity contribution in [2.45, 2.75) is 26.4 Å². The first-order chi connectivity index (χ1) is 7.75. The molecule has 1 N–H and O–H groups in total. The Morgan fingerprint density at radius 3 is 2.94 bits per heavy atom. The summed E-state index contributed by atoms with van der Waals surface area (Å²) in [5.74, 6) is 2.61. The van der Waals surface area contributed by atoms with Crippen LogP contribution in [0.4, 0.5) is 0 Å². The van der Waals surface area contributed by atoms with Crippen molar-refractivity contribution in [1.82, 2.24) is 29.4 Å². The zero-order valence-electron chi connectivity index (χ0n) is 9.54. The summed E-state index contributed by atoms with van der Waals surface area (Å²) in [6.07, 6.45) is 0. The van der Waals surface area contributed by atoms with Gasteiger partial charge in [0.2, 0.25) is 0 Å². The maximum Gasteiger partial charge on any atom is 0.194 e. The van der Waals surface area contributed by atoms with E-state index in [0.29, 0.717) is 0 Å². The van der Waals surface area contributed by atoms with Crippen LogP contribution in [0.1, 0.15) is 24.6 Å². The first kappa shape index (κ1) is 12.4. The minimum absolute atomic E-state index is 0. The number of hydrogen-bond donors (Lipinski definition) is 1. The van der Waals surface area contributed by atoms with Gasteiger partial charge in [-0.05, 0) is 25.4 Å². The van der Waals surface area contributed by atoms with Gasteiger partial charge in [-0.15, -0.1) is 22.6 Å². The summed E-state index contributed by atoms with van der Waals surface area (Å²) in [6, 6.07) is 0.254. The summed E-state index contributed by atoms with van der Waals surface area (Å²) in [7, 11) is 0. The second-order valence-corrected chi connectivity index (χ2v) is 4.61. The van der Waals surface area contributed by atoms with E-state index in [1.807, 2.05) is 6.92 Å². The number of fused-ring (bicyclic) bond motifs is 1. The summed E-state index contributed by atoms with van der Waals surface area (Å²) in [6.45, 7) is 5.81. The monoisotopic (exact) mass is 272 g/mol. The van der Waals surface area contributed by atoms with Crippen molar-refractivity contribution in [1.29, 1.82) is 0 Å². The second-order valence-electron chi connectivity index (χ2n) is 3.86. The largest absolute Gasteiger partial charge is 0.306 e. The molecule has 0 fully saturated rings. The predicted octanol–water partition coefficient (Wildman–Crippen LogP) is 1.19. The van der Waals surface area contributed by atoms with Crippen LogP contribution in [0.3, 0.4) is 0 Å². The molecule has 0 amide bonds. The Hall–Kier alpha value is -1.05. The zero-order valence-corrected chi connectivity index (χ0v) is 11.2. The molecule has 92 valence electrons. The first-order valence-electron chi connectivity index (χ1n) is 5.23. The molecule has 1 aliphatic rings. The summed E-state index contributed by atoms with van der Waals surface area (Å²) in [4.78, 5) is 4.35. The fourth-order valence-electron chi connectivity index (χ4n) is 1.89. The van der Waals surface area contributed by atoms with Crippen LogP contribution >= 0.6 is 23.9 Å². The average molecular weight is 273 g/mol. The summed E-state index contributed by atoms with van der Waals surface area (Å²) < 4.78 is 6.30. The van der Waals surface area contributed by atoms with Gasteiger partial charge < -0.3 is 9.88 Å². The third-order valence-electron chi connectivity index (χ3n) is 2.67. The number of nitrogens with zero attached hydrogens (tertiary/aromatic N) is 5. The average Bonchev–Trinajstić information content (AvgIpc) is 2.84. The molecule has 17 heavy (non-hydrogen) atoms. The van der Waals surface area contributed by atoms with Gasteiger partial charge in [0.15, 0.2) is 10.8 Å². The van der Waals surface area contributed by atoms with Crippen LogP contribution in [-0.2, 0) is 6.54 Å². The molecule has 0 aliphatic carbocycles. The highest BCUT2D eigenvalue weighted by molar-refractivity contribution is 7.09. The molecule has 1 aliphatic heterocycles. The summed E-state index contributed by atoms with van der Waals surface area (Å²) >= 11 is 1.38. The third-order valence-corrected chi connectivity index (χ3v) is 3.47. The molecule has 6 nitrogen and oxygen atoms in total. The molecule has 0 spiro atoms. The Kier molecular flexibility index (Phi) is 3.41. The third kappa shape index (κ3) is 2.05. The minimum Gasteiger partial charge on any atom is -0.306 e. The molecule has 0 saturated heterocycles. The Bertz CT molecular complexity index is 521. The molecular formula is C9H13ClN6S. The van der Waals surface area contributed by atoms with Crippen LogP contribution in [0, 0.1) is 6.92 Å². The lowest BCUT2D eigenvalue weighted by Gasteiger charge is -2.21. The number of aromatic nitrogens is 5. The van der Waals surface area contributed by atoms with E-state index in [0.717, 1.165) is 35.6 Å². The van der Waals surface area contributed by atoms with Crippen LogP contribution in [0.15, 0.2) is 0 Å². The van der Waals surface area contributed by atoms with Gasteiger partial charge in [0, 0.05) is 13.1 Å². The van der Waals surface area contributed by atoms with Crippen LogP contribution in [0.2, 0.25) is 0 Å². The van der Waals surface area contributed by atoms with E-state index in [2.05, 4.69) is 36.4 Å². The number of halogens is 1. The quantitative estimate of drug-likeness (QED) is 0.845. The molecule has 1 atom stereocenters. The van der Waals surface area contributed by atoms with Crippen molar-refractivity contribution in [3.8, 4) is 10.8 Å². The van der Waals surface area contributed by atoms with Crippen molar-refractivity contribution < 1.29 is 0 Å². The van der Waals surface area contributed by atoms with E-state index in [1.54, 1.807) is 0 Å². The van der Waals surface area contributed by atoms with Crippen LogP contribution < -0.4 is 5.32 Å². The van der Waals surface area contributed by atoms with Gasteiger partial charge in [-0.25, -0.2) is 4.98 Å². The second kappa shape index (κ2) is 4.67. The van der Waals surface area contributed by atoms with E-state index in [9.17, 15) is 0 Å². The van der Waals surface area contributed by atoms with Crippen molar-refractivity contribution >= 4 is 23.9 Å². The van der Waals surface area contributed by atoms with Crippen molar-refractivity contribution in [2.24, 2.45) is 0 Å². The number of rotatable bonds is 1. The Morgan fingerprint density at radius 2 is 2.24 bits per heavy atom. The maximum atomic E-state index is 4.35. The predicted molar refractivity (Wildman–Crippen MR) is 67.3 cm³/mol. The molecule has 3 rings (SSSR count). The van der Waals surface area contributed by atoms with Gasteiger partial charge in [0.25, 0.3) is 0 Å². The molecule has 2 aromatic rings. The van der Waals surface area contributed by atoms with E-state index in [1.165, 1.54) is 11.5 Å². The number of nitrogens with one attached hydrogen (secondary N) is 1. The molecular weight excluding hydrogens is 260 g/mol. The molecule has 0 radical (unpaired) electrons. The number of hydrogen-bond acceptors (Lipinski definition) is 6. The first-order valence-corrected chi connectivity index (χ1v) is 6.00. The van der Waals surface area contributed by atoms with Crippen molar-refractivity contribution in [2.75, 3.05) is 6.54 Å². The smallest absolute Gasteiger partial charge is 0.194 e. The lowest BCUT2D eigenvalue weighted by Crippen LogP contribution is -2.32. The normalized spacial score (nSPS) is 18.6. The van der Waals surface area contributed by atoms with E-state index >= 15 is 0 Å². The molecule has 0 aromatic carbocycles. The molecule has 3 heterocycles. The van der Waals surface area contributed by atoms with Gasteiger partial charge in [-0.2, -0.15) is 4.37 Å². The van der Waals surface area contributed by atoms with Gasteiger partial charge in [0.05, 0.1) is 6.04 Å². The highest BCUT2D eigenvalue weighted by Crippen LogP contribution is 2.24. The Morgan fingerprint density at radius 1 is 1.41 bits per heavy atom. The van der Waals surface area contributed by atoms with Crippen molar-refractivity contribution in [3.63, 3.8) is 0 Å².